The van der Waals surface area contributed by atoms with Gasteiger partial charge in [0.05, 0.1) is 0 Å². The van der Waals surface area contributed by atoms with Gasteiger partial charge in [0.15, 0.2) is 0 Å². The normalized spacial score (nSPS) is 6.50. The molecule has 0 spiro atoms. The van der Waals surface area contributed by atoms with E-state index in [0.29, 0.717) is 0 Å². The molecule has 0 heterocycles. The van der Waals surface area contributed by atoms with Crippen molar-refractivity contribution in [1.29, 1.82) is 0 Å². The molecule has 2 nitrogen and oxygen atoms in total. The molecule has 42 valence electrons. The number of hydrogen-bond acceptors (Lipinski definition) is 2. The molecule has 0 aromatic carbocycles. The molecule has 0 aromatic heterocycles. The standard InChI is InChI=1S/C6H6O2/c1-2-3-4-5-6(7)8/h6-8H,1H3. The van der Waals surface area contributed by atoms with Gasteiger partial charge in [-0.2, -0.15) is 0 Å². The topological polar surface area (TPSA) is 40.5 Å². The molecule has 0 radical (unpaired) electrons. The van der Waals surface area contributed by atoms with E-state index < -0.39 is 6.29 Å². The molecule has 0 bridgehead atoms. The molecule has 0 aliphatic carbocycles. The fraction of sp³-hybridized carbons (Fsp3) is 0.333. The zero-order valence-corrected chi connectivity index (χ0v) is 4.47. The number of rotatable bonds is 0. The van der Waals surface area contributed by atoms with Crippen LogP contribution in [-0.2, 0) is 0 Å². The minimum absolute atomic E-state index is 1.56. The van der Waals surface area contributed by atoms with Crippen molar-refractivity contribution < 1.29 is 10.2 Å². The summed E-state index contributed by atoms with van der Waals surface area (Å²) in [5.74, 6) is 9.08. The summed E-state index contributed by atoms with van der Waals surface area (Å²) < 4.78 is 0. The van der Waals surface area contributed by atoms with Crippen molar-refractivity contribution >= 4 is 0 Å². The average Bonchev–Trinajstić information content (AvgIpc) is 1.66. The SMILES string of the molecule is CC#CC#CC(O)O. The van der Waals surface area contributed by atoms with Gasteiger partial charge in [-0.25, -0.2) is 0 Å². The van der Waals surface area contributed by atoms with E-state index in [2.05, 4.69) is 17.8 Å². The largest absolute Gasteiger partial charge is 0.358 e. The summed E-state index contributed by atoms with van der Waals surface area (Å²) in [6, 6.07) is 0. The molecular formula is C6H6O2. The first-order valence-corrected chi connectivity index (χ1v) is 2.06. The maximum Gasteiger partial charge on any atom is 0.218 e. The lowest BCUT2D eigenvalue weighted by Gasteiger charge is -1.82. The van der Waals surface area contributed by atoms with Crippen LogP contribution < -0.4 is 0 Å². The predicted octanol–water partition coefficient (Wildman–Crippen LogP) is -0.676. The zero-order valence-electron chi connectivity index (χ0n) is 4.47. The van der Waals surface area contributed by atoms with Crippen molar-refractivity contribution in [3.05, 3.63) is 0 Å². The van der Waals surface area contributed by atoms with E-state index in [-0.39, 0.29) is 0 Å². The molecule has 2 heteroatoms. The maximum atomic E-state index is 8.09. The van der Waals surface area contributed by atoms with E-state index in [9.17, 15) is 0 Å². The van der Waals surface area contributed by atoms with Crippen LogP contribution in [0.5, 0.6) is 0 Å². The van der Waals surface area contributed by atoms with Crippen LogP contribution >= 0.6 is 0 Å². The third-order valence-corrected chi connectivity index (χ3v) is 0.389. The van der Waals surface area contributed by atoms with Gasteiger partial charge in [-0.3, -0.25) is 0 Å². The van der Waals surface area contributed by atoms with Gasteiger partial charge in [-0.15, -0.1) is 0 Å². The van der Waals surface area contributed by atoms with Crippen molar-refractivity contribution in [1.82, 2.24) is 0 Å². The van der Waals surface area contributed by atoms with E-state index in [1.165, 1.54) is 0 Å². The lowest BCUT2D eigenvalue weighted by Crippen LogP contribution is -1.97. The molecule has 0 saturated heterocycles. The van der Waals surface area contributed by atoms with Crippen LogP contribution in [0.1, 0.15) is 6.92 Å². The predicted molar refractivity (Wildman–Crippen MR) is 29.5 cm³/mol. The summed E-state index contributed by atoms with van der Waals surface area (Å²) in [4.78, 5) is 0. The molecule has 8 heavy (non-hydrogen) atoms. The Balaban J connectivity index is 3.62. The van der Waals surface area contributed by atoms with Crippen LogP contribution in [0.3, 0.4) is 0 Å². The quantitative estimate of drug-likeness (QED) is 0.320. The fourth-order valence-electron chi connectivity index (χ4n) is 0.163. The first kappa shape index (κ1) is 7.04. The van der Waals surface area contributed by atoms with E-state index >= 15 is 0 Å². The Morgan fingerprint density at radius 1 is 1.25 bits per heavy atom. The molecule has 0 saturated carbocycles. The van der Waals surface area contributed by atoms with E-state index in [1.54, 1.807) is 6.92 Å². The Kier molecular flexibility index (Phi) is 3.70. The van der Waals surface area contributed by atoms with Gasteiger partial charge < -0.3 is 10.2 Å². The second-order valence-corrected chi connectivity index (χ2v) is 1.02. The van der Waals surface area contributed by atoms with Gasteiger partial charge in [0.2, 0.25) is 6.29 Å². The highest BCUT2D eigenvalue weighted by Crippen LogP contribution is 1.64. The number of hydrogen-bond donors (Lipinski definition) is 2. The fourth-order valence-corrected chi connectivity index (χ4v) is 0.163. The first-order valence-electron chi connectivity index (χ1n) is 2.06. The molecule has 0 amide bonds. The number of aliphatic hydroxyl groups is 2. The van der Waals surface area contributed by atoms with Crippen LogP contribution in [0.15, 0.2) is 0 Å². The van der Waals surface area contributed by atoms with Crippen LogP contribution in [-0.4, -0.2) is 16.5 Å². The summed E-state index contributed by atoms with van der Waals surface area (Å²) in [6.45, 7) is 1.62. The molecule has 0 aliphatic heterocycles. The van der Waals surface area contributed by atoms with E-state index in [4.69, 9.17) is 10.2 Å². The third-order valence-electron chi connectivity index (χ3n) is 0.389. The van der Waals surface area contributed by atoms with Gasteiger partial charge in [0, 0.05) is 0 Å². The third kappa shape index (κ3) is 5.04. The van der Waals surface area contributed by atoms with E-state index in [1.807, 2.05) is 5.92 Å². The Bertz CT molecular complexity index is 160. The highest BCUT2D eigenvalue weighted by molar-refractivity contribution is 5.25. The molecule has 0 rings (SSSR count). The van der Waals surface area contributed by atoms with Crippen molar-refractivity contribution in [2.45, 2.75) is 13.2 Å². The van der Waals surface area contributed by atoms with E-state index in [0.717, 1.165) is 0 Å². The lowest BCUT2D eigenvalue weighted by atomic mass is 10.5. The minimum Gasteiger partial charge on any atom is -0.358 e. The van der Waals surface area contributed by atoms with Gasteiger partial charge in [-0.05, 0) is 24.7 Å². The second-order valence-electron chi connectivity index (χ2n) is 1.02. The summed E-state index contributed by atoms with van der Waals surface area (Å²) in [5.41, 5.74) is 0. The Morgan fingerprint density at radius 2 is 1.88 bits per heavy atom. The first-order chi connectivity index (χ1) is 3.77. The molecular weight excluding hydrogens is 104 g/mol. The van der Waals surface area contributed by atoms with Crippen LogP contribution in [0.4, 0.5) is 0 Å². The summed E-state index contributed by atoms with van der Waals surface area (Å²) in [6.07, 6.45) is -1.56. The molecule has 0 atom stereocenters. The van der Waals surface area contributed by atoms with Crippen molar-refractivity contribution in [3.63, 3.8) is 0 Å². The summed E-state index contributed by atoms with van der Waals surface area (Å²) in [7, 11) is 0. The number of aliphatic hydroxyl groups excluding tert-OH is 1. The van der Waals surface area contributed by atoms with Gasteiger partial charge in [0.25, 0.3) is 0 Å². The molecule has 0 fully saturated rings. The molecule has 0 aliphatic rings. The Hall–Kier alpha value is -0.960. The molecule has 0 aromatic rings. The highest BCUT2D eigenvalue weighted by Gasteiger charge is 1.80. The van der Waals surface area contributed by atoms with Crippen LogP contribution in [0.2, 0.25) is 0 Å². The summed E-state index contributed by atoms with van der Waals surface area (Å²) in [5, 5.41) is 16.2. The van der Waals surface area contributed by atoms with Crippen molar-refractivity contribution in [2.75, 3.05) is 0 Å². The van der Waals surface area contributed by atoms with Crippen LogP contribution in [0, 0.1) is 23.7 Å². The maximum absolute atomic E-state index is 8.09. The van der Waals surface area contributed by atoms with Gasteiger partial charge >= 0.3 is 0 Å². The zero-order chi connectivity index (χ0) is 6.41. The lowest BCUT2D eigenvalue weighted by molar-refractivity contribution is 0.0108. The van der Waals surface area contributed by atoms with Crippen molar-refractivity contribution in [2.24, 2.45) is 0 Å². The second kappa shape index (κ2) is 4.21. The minimum atomic E-state index is -1.56. The van der Waals surface area contributed by atoms with Crippen molar-refractivity contribution in [3.8, 4) is 23.7 Å². The van der Waals surface area contributed by atoms with Gasteiger partial charge in [-0.1, -0.05) is 5.92 Å². The smallest absolute Gasteiger partial charge is 0.218 e. The molecule has 2 N–H and O–H groups in total. The monoisotopic (exact) mass is 110 g/mol. The summed E-state index contributed by atoms with van der Waals surface area (Å²) >= 11 is 0. The van der Waals surface area contributed by atoms with Crippen LogP contribution in [0.25, 0.3) is 0 Å². The Morgan fingerprint density at radius 3 is 2.25 bits per heavy atom. The molecule has 0 unspecified atom stereocenters. The average molecular weight is 110 g/mol. The van der Waals surface area contributed by atoms with Gasteiger partial charge in [0.1, 0.15) is 0 Å². The highest BCUT2D eigenvalue weighted by atomic mass is 16.5. The Labute approximate surface area is 48.2 Å².